The first-order chi connectivity index (χ1) is 18.7. The van der Waals surface area contributed by atoms with Gasteiger partial charge in [-0.3, -0.25) is 0 Å². The van der Waals surface area contributed by atoms with Gasteiger partial charge < -0.3 is 9.64 Å². The van der Waals surface area contributed by atoms with Crippen molar-refractivity contribution in [2.24, 2.45) is 4.99 Å². The van der Waals surface area contributed by atoms with Crippen LogP contribution in [0.2, 0.25) is 0 Å². The molecule has 5 aromatic rings. The van der Waals surface area contributed by atoms with Crippen molar-refractivity contribution in [1.82, 2.24) is 24.7 Å². The topological polar surface area (TPSA) is 81.3 Å². The first-order valence-electron chi connectivity index (χ1n) is 11.8. The quantitative estimate of drug-likeness (QED) is 0.246. The highest BCUT2D eigenvalue weighted by atomic mass is 32.2. The summed E-state index contributed by atoms with van der Waals surface area (Å²) in [6.07, 6.45) is -1.53. The molecule has 1 aliphatic rings. The van der Waals surface area contributed by atoms with Gasteiger partial charge in [0, 0.05) is 22.8 Å². The van der Waals surface area contributed by atoms with Crippen molar-refractivity contribution in [2.45, 2.75) is 20.2 Å². The van der Waals surface area contributed by atoms with Crippen LogP contribution in [0.4, 0.5) is 24.8 Å². The van der Waals surface area contributed by atoms with Gasteiger partial charge in [0.15, 0.2) is 11.0 Å². The van der Waals surface area contributed by atoms with E-state index in [1.165, 1.54) is 46.4 Å². The summed E-state index contributed by atoms with van der Waals surface area (Å²) >= 11 is 1.65. The summed E-state index contributed by atoms with van der Waals surface area (Å²) in [6.45, 7) is 4.18. The Bertz CT molecular complexity index is 1700. The maximum atomic E-state index is 12.4. The average Bonchev–Trinajstić information content (AvgIpc) is 3.38. The van der Waals surface area contributed by atoms with Crippen molar-refractivity contribution in [2.75, 3.05) is 10.8 Å². The van der Waals surface area contributed by atoms with E-state index in [2.05, 4.69) is 60.7 Å². The van der Waals surface area contributed by atoms with Crippen molar-refractivity contribution in [1.29, 1.82) is 0 Å². The van der Waals surface area contributed by atoms with E-state index in [-0.39, 0.29) is 5.75 Å². The molecule has 3 aromatic carbocycles. The lowest BCUT2D eigenvalue weighted by molar-refractivity contribution is -0.274. The van der Waals surface area contributed by atoms with Crippen molar-refractivity contribution in [3.05, 3.63) is 84.3 Å². The van der Waals surface area contributed by atoms with Gasteiger partial charge >= 0.3 is 6.36 Å². The Balaban J connectivity index is 1.21. The van der Waals surface area contributed by atoms with E-state index < -0.39 is 6.36 Å². The summed E-state index contributed by atoms with van der Waals surface area (Å²) in [6, 6.07) is 17.2. The highest BCUT2D eigenvalue weighted by Crippen LogP contribution is 2.36. The van der Waals surface area contributed by atoms with Gasteiger partial charge in [-0.15, -0.1) is 18.3 Å². The molecule has 39 heavy (non-hydrogen) atoms. The first-order valence-corrected chi connectivity index (χ1v) is 12.8. The van der Waals surface area contributed by atoms with E-state index >= 15 is 0 Å². The molecule has 8 nitrogen and oxygen atoms in total. The Morgan fingerprint density at radius 1 is 0.974 bits per heavy atom. The highest BCUT2D eigenvalue weighted by Gasteiger charge is 2.31. The Morgan fingerprint density at radius 2 is 1.74 bits per heavy atom. The van der Waals surface area contributed by atoms with Crippen LogP contribution in [0.25, 0.3) is 28.0 Å². The molecule has 3 heterocycles. The second kappa shape index (κ2) is 9.70. The first kappa shape index (κ1) is 24.9. The van der Waals surface area contributed by atoms with Crippen LogP contribution in [0, 0.1) is 13.8 Å². The van der Waals surface area contributed by atoms with Crippen molar-refractivity contribution in [3.63, 3.8) is 0 Å². The van der Waals surface area contributed by atoms with Gasteiger partial charge in [-0.05, 0) is 67.4 Å². The minimum absolute atomic E-state index is 0.306. The number of alkyl halides is 3. The third-order valence-electron chi connectivity index (χ3n) is 6.11. The Hall–Kier alpha value is -4.45. The number of amidine groups is 1. The number of hydrogen-bond acceptors (Lipinski definition) is 7. The molecule has 0 bridgehead atoms. The van der Waals surface area contributed by atoms with Crippen LogP contribution < -0.4 is 9.64 Å². The van der Waals surface area contributed by atoms with Crippen LogP contribution >= 0.6 is 11.8 Å². The molecule has 6 rings (SSSR count). The standard InChI is InChI=1S/C27H20F3N7OS/c1-16-4-3-5-17(2)23(16)36-15-39-26(36)34-25-31-13-19-12-18(6-11-22(19)33-25)24-32-14-37(35-24)20-7-9-21(10-8-20)38-27(28,29)30/h3-14H,15H2,1-2H3/b34-26-. The van der Waals surface area contributed by atoms with E-state index in [1.807, 2.05) is 24.3 Å². The molecule has 0 amide bonds. The van der Waals surface area contributed by atoms with E-state index in [9.17, 15) is 13.2 Å². The molecule has 196 valence electrons. The largest absolute Gasteiger partial charge is 0.573 e. The molecule has 0 saturated carbocycles. The maximum Gasteiger partial charge on any atom is 0.573 e. The van der Waals surface area contributed by atoms with Gasteiger partial charge in [0.25, 0.3) is 5.95 Å². The summed E-state index contributed by atoms with van der Waals surface area (Å²) in [5, 5.41) is 6.12. The molecule has 1 fully saturated rings. The van der Waals surface area contributed by atoms with Crippen LogP contribution in [-0.2, 0) is 0 Å². The summed E-state index contributed by atoms with van der Waals surface area (Å²) in [4.78, 5) is 20.3. The molecule has 0 aliphatic carbocycles. The molecule has 1 saturated heterocycles. The normalized spacial score (nSPS) is 14.6. The molecule has 0 atom stereocenters. The second-order valence-corrected chi connectivity index (χ2v) is 9.75. The number of aromatic nitrogens is 5. The van der Waals surface area contributed by atoms with Gasteiger partial charge in [-0.1, -0.05) is 30.0 Å². The van der Waals surface area contributed by atoms with Gasteiger partial charge in [-0.2, -0.15) is 4.99 Å². The summed E-state index contributed by atoms with van der Waals surface area (Å²) in [5.74, 6) is 1.35. The van der Waals surface area contributed by atoms with Crippen molar-refractivity contribution in [3.8, 4) is 22.8 Å². The summed E-state index contributed by atoms with van der Waals surface area (Å²) in [7, 11) is 0. The van der Waals surface area contributed by atoms with E-state index in [1.54, 1.807) is 18.0 Å². The molecular formula is C27H20F3N7OS. The Kier molecular flexibility index (Phi) is 6.18. The number of fused-ring (bicyclic) bond motifs is 1. The predicted molar refractivity (Wildman–Crippen MR) is 145 cm³/mol. The zero-order chi connectivity index (χ0) is 27.1. The molecule has 0 spiro atoms. The lowest BCUT2D eigenvalue weighted by atomic mass is 10.1. The third kappa shape index (κ3) is 5.15. The zero-order valence-corrected chi connectivity index (χ0v) is 21.5. The number of hydrogen-bond donors (Lipinski definition) is 0. The molecule has 0 radical (unpaired) electrons. The lowest BCUT2D eigenvalue weighted by Crippen LogP contribution is -2.39. The van der Waals surface area contributed by atoms with Gasteiger partial charge in [0.2, 0.25) is 0 Å². The number of nitrogens with zero attached hydrogens (tertiary/aromatic N) is 7. The molecular weight excluding hydrogens is 527 g/mol. The molecule has 0 N–H and O–H groups in total. The summed E-state index contributed by atoms with van der Waals surface area (Å²) < 4.78 is 42.6. The van der Waals surface area contributed by atoms with Crippen LogP contribution in [0.15, 0.2) is 78.2 Å². The predicted octanol–water partition coefficient (Wildman–Crippen LogP) is 6.59. The SMILES string of the molecule is Cc1cccc(C)c1N1CS/C1=N\c1ncc2cc(-c3ncn(-c4ccc(OC(F)(F)F)cc4)n3)ccc2n1. The Morgan fingerprint density at radius 3 is 2.44 bits per heavy atom. The van der Waals surface area contributed by atoms with Gasteiger partial charge in [0.1, 0.15) is 12.1 Å². The Labute approximate surface area is 225 Å². The number of para-hydroxylation sites is 1. The van der Waals surface area contributed by atoms with E-state index in [4.69, 9.17) is 0 Å². The fraction of sp³-hybridized carbons (Fsp3) is 0.148. The number of rotatable bonds is 5. The summed E-state index contributed by atoms with van der Waals surface area (Å²) in [5.41, 5.74) is 5.57. The highest BCUT2D eigenvalue weighted by molar-refractivity contribution is 8.16. The van der Waals surface area contributed by atoms with Crippen LogP contribution in [0.5, 0.6) is 5.75 Å². The fourth-order valence-corrected chi connectivity index (χ4v) is 5.03. The molecule has 2 aromatic heterocycles. The van der Waals surface area contributed by atoms with Crippen molar-refractivity contribution >= 4 is 39.5 Å². The number of aryl methyl sites for hydroxylation is 2. The minimum Gasteiger partial charge on any atom is -0.406 e. The number of halogens is 3. The molecule has 0 unspecified atom stereocenters. The van der Waals surface area contributed by atoms with E-state index in [0.717, 1.165) is 33.2 Å². The number of thioether (sulfide) groups is 1. The number of ether oxygens (including phenoxy) is 1. The van der Waals surface area contributed by atoms with Gasteiger partial charge in [0.05, 0.1) is 17.1 Å². The second-order valence-electron chi connectivity index (χ2n) is 8.83. The maximum absolute atomic E-state index is 12.4. The minimum atomic E-state index is -4.74. The number of aliphatic imine (C=N–C) groups is 1. The van der Waals surface area contributed by atoms with Crippen LogP contribution in [0.3, 0.4) is 0 Å². The lowest BCUT2D eigenvalue weighted by Gasteiger charge is -2.35. The van der Waals surface area contributed by atoms with Crippen molar-refractivity contribution < 1.29 is 17.9 Å². The van der Waals surface area contributed by atoms with Crippen LogP contribution in [-0.4, -0.2) is 42.1 Å². The number of benzene rings is 3. The zero-order valence-electron chi connectivity index (χ0n) is 20.7. The van der Waals surface area contributed by atoms with E-state index in [0.29, 0.717) is 17.5 Å². The monoisotopic (exact) mass is 547 g/mol. The molecule has 12 heteroatoms. The fourth-order valence-electron chi connectivity index (χ4n) is 4.29. The number of anilines is 1. The molecule has 1 aliphatic heterocycles. The third-order valence-corrected chi connectivity index (χ3v) is 7.07. The van der Waals surface area contributed by atoms with Gasteiger partial charge in [-0.25, -0.2) is 19.6 Å². The average molecular weight is 548 g/mol. The van der Waals surface area contributed by atoms with Crippen LogP contribution in [0.1, 0.15) is 11.1 Å². The smallest absolute Gasteiger partial charge is 0.406 e.